The lowest BCUT2D eigenvalue weighted by molar-refractivity contribution is 0.497. The van der Waals surface area contributed by atoms with Crippen molar-refractivity contribution >= 4 is 6.08 Å². The second-order valence-electron chi connectivity index (χ2n) is 4.68. The lowest BCUT2D eigenvalue weighted by Crippen LogP contribution is -2.14. The molecule has 5 heteroatoms. The van der Waals surface area contributed by atoms with Crippen LogP contribution in [0, 0.1) is 5.82 Å². The highest BCUT2D eigenvalue weighted by atomic mass is 19.1. The molecule has 0 radical (unpaired) electrons. The zero-order valence-electron chi connectivity index (χ0n) is 11.6. The molecule has 1 aromatic heterocycles. The third kappa shape index (κ3) is 3.20. The standard InChI is InChI=1S/C17H13FN2O2/c18-15-10-8-14(9-11-15)16-19-20(17(21)22-16)12-4-7-13-5-2-1-3-6-13/h1-11H,12H2. The Morgan fingerprint density at radius 2 is 1.82 bits per heavy atom. The molecular formula is C17H13FN2O2. The molecular weight excluding hydrogens is 283 g/mol. The van der Waals surface area contributed by atoms with Gasteiger partial charge in [0.2, 0.25) is 5.89 Å². The molecule has 0 aliphatic rings. The molecule has 0 unspecified atom stereocenters. The first-order valence-corrected chi connectivity index (χ1v) is 6.78. The fourth-order valence-corrected chi connectivity index (χ4v) is 1.98. The van der Waals surface area contributed by atoms with Crippen molar-refractivity contribution in [2.75, 3.05) is 0 Å². The Labute approximate surface area is 126 Å². The van der Waals surface area contributed by atoms with E-state index in [1.165, 1.54) is 28.9 Å². The molecule has 3 aromatic rings. The van der Waals surface area contributed by atoms with E-state index in [4.69, 9.17) is 4.42 Å². The predicted octanol–water partition coefficient (Wildman–Crippen LogP) is 3.36. The Balaban J connectivity index is 1.77. The number of halogens is 1. The highest BCUT2D eigenvalue weighted by Gasteiger charge is 2.09. The summed E-state index contributed by atoms with van der Waals surface area (Å²) in [6, 6.07) is 15.4. The van der Waals surface area contributed by atoms with Crippen LogP contribution in [-0.2, 0) is 6.54 Å². The van der Waals surface area contributed by atoms with Gasteiger partial charge in [0.1, 0.15) is 5.82 Å². The molecule has 0 atom stereocenters. The molecule has 0 saturated heterocycles. The molecule has 110 valence electrons. The van der Waals surface area contributed by atoms with Crippen molar-refractivity contribution in [2.24, 2.45) is 0 Å². The number of allylic oxidation sites excluding steroid dienone is 1. The smallest absolute Gasteiger partial charge is 0.388 e. The summed E-state index contributed by atoms with van der Waals surface area (Å²) >= 11 is 0. The first-order valence-electron chi connectivity index (χ1n) is 6.78. The number of benzene rings is 2. The van der Waals surface area contributed by atoms with Crippen molar-refractivity contribution < 1.29 is 8.81 Å². The van der Waals surface area contributed by atoms with Crippen LogP contribution in [0.25, 0.3) is 17.5 Å². The molecule has 0 spiro atoms. The van der Waals surface area contributed by atoms with Crippen molar-refractivity contribution in [1.29, 1.82) is 0 Å². The minimum absolute atomic E-state index is 0.179. The highest BCUT2D eigenvalue weighted by Crippen LogP contribution is 2.15. The topological polar surface area (TPSA) is 48.0 Å². The Kier molecular flexibility index (Phi) is 3.96. The first-order chi connectivity index (χ1) is 10.7. The van der Waals surface area contributed by atoms with Crippen LogP contribution in [-0.4, -0.2) is 9.78 Å². The summed E-state index contributed by atoms with van der Waals surface area (Å²) in [5, 5.41) is 4.10. The van der Waals surface area contributed by atoms with E-state index in [1.807, 2.05) is 42.5 Å². The molecule has 2 aromatic carbocycles. The Morgan fingerprint density at radius 3 is 2.55 bits per heavy atom. The summed E-state index contributed by atoms with van der Waals surface area (Å²) in [6.07, 6.45) is 3.73. The molecule has 0 aliphatic heterocycles. The summed E-state index contributed by atoms with van der Waals surface area (Å²) in [5.41, 5.74) is 1.60. The summed E-state index contributed by atoms with van der Waals surface area (Å²) in [4.78, 5) is 11.7. The van der Waals surface area contributed by atoms with Gasteiger partial charge in [-0.05, 0) is 29.8 Å². The van der Waals surface area contributed by atoms with E-state index in [2.05, 4.69) is 5.10 Å². The zero-order chi connectivity index (χ0) is 15.4. The maximum atomic E-state index is 12.9. The van der Waals surface area contributed by atoms with Crippen molar-refractivity contribution in [3.63, 3.8) is 0 Å². The number of rotatable bonds is 4. The van der Waals surface area contributed by atoms with E-state index < -0.39 is 5.76 Å². The van der Waals surface area contributed by atoms with Gasteiger partial charge in [0.05, 0.1) is 6.54 Å². The molecule has 0 amide bonds. The van der Waals surface area contributed by atoms with Crippen LogP contribution in [0.2, 0.25) is 0 Å². The fraction of sp³-hybridized carbons (Fsp3) is 0.0588. The van der Waals surface area contributed by atoms with E-state index in [0.29, 0.717) is 12.1 Å². The average Bonchev–Trinajstić information content (AvgIpc) is 2.90. The van der Waals surface area contributed by atoms with Crippen molar-refractivity contribution in [1.82, 2.24) is 9.78 Å². The SMILES string of the molecule is O=c1oc(-c2ccc(F)cc2)nn1CC=Cc1ccccc1. The van der Waals surface area contributed by atoms with Gasteiger partial charge in [-0.3, -0.25) is 0 Å². The van der Waals surface area contributed by atoms with Crippen LogP contribution in [0.3, 0.4) is 0 Å². The van der Waals surface area contributed by atoms with Gasteiger partial charge < -0.3 is 4.42 Å². The van der Waals surface area contributed by atoms with Crippen LogP contribution in [0.4, 0.5) is 4.39 Å². The Bertz CT molecular complexity index is 833. The minimum atomic E-state index is -0.544. The molecule has 0 saturated carbocycles. The maximum absolute atomic E-state index is 12.9. The minimum Gasteiger partial charge on any atom is -0.388 e. The largest absolute Gasteiger partial charge is 0.437 e. The number of hydrogen-bond acceptors (Lipinski definition) is 3. The first kappa shape index (κ1) is 14.0. The van der Waals surface area contributed by atoms with Gasteiger partial charge in [0, 0.05) is 5.56 Å². The van der Waals surface area contributed by atoms with E-state index in [1.54, 1.807) is 0 Å². The molecule has 0 aliphatic carbocycles. The molecule has 0 bridgehead atoms. The quantitative estimate of drug-likeness (QED) is 0.741. The van der Waals surface area contributed by atoms with Crippen LogP contribution in [0.5, 0.6) is 0 Å². The van der Waals surface area contributed by atoms with Crippen molar-refractivity contribution in [3.05, 3.63) is 82.6 Å². The van der Waals surface area contributed by atoms with Gasteiger partial charge in [0.25, 0.3) is 0 Å². The maximum Gasteiger partial charge on any atom is 0.437 e. The average molecular weight is 296 g/mol. The summed E-state index contributed by atoms with van der Waals surface area (Å²) < 4.78 is 19.2. The lowest BCUT2D eigenvalue weighted by atomic mass is 10.2. The third-order valence-corrected chi connectivity index (χ3v) is 3.09. The monoisotopic (exact) mass is 296 g/mol. The number of aromatic nitrogens is 2. The van der Waals surface area contributed by atoms with Gasteiger partial charge >= 0.3 is 5.76 Å². The second-order valence-corrected chi connectivity index (χ2v) is 4.68. The van der Waals surface area contributed by atoms with Crippen LogP contribution in [0.15, 0.2) is 69.9 Å². The highest BCUT2D eigenvalue weighted by molar-refractivity contribution is 5.52. The molecule has 3 rings (SSSR count). The molecule has 22 heavy (non-hydrogen) atoms. The van der Waals surface area contributed by atoms with Gasteiger partial charge in [0.15, 0.2) is 0 Å². The summed E-state index contributed by atoms with van der Waals surface area (Å²) in [7, 11) is 0. The molecule has 4 nitrogen and oxygen atoms in total. The van der Waals surface area contributed by atoms with Crippen molar-refractivity contribution in [2.45, 2.75) is 6.54 Å². The van der Waals surface area contributed by atoms with Gasteiger partial charge in [-0.25, -0.2) is 9.18 Å². The van der Waals surface area contributed by atoms with Gasteiger partial charge in [-0.15, -0.1) is 5.10 Å². The zero-order valence-corrected chi connectivity index (χ0v) is 11.6. The van der Waals surface area contributed by atoms with Crippen LogP contribution < -0.4 is 5.76 Å². The Hall–Kier alpha value is -2.95. The van der Waals surface area contributed by atoms with E-state index in [9.17, 15) is 9.18 Å². The molecule has 0 N–H and O–H groups in total. The number of hydrogen-bond donors (Lipinski definition) is 0. The van der Waals surface area contributed by atoms with E-state index >= 15 is 0 Å². The lowest BCUT2D eigenvalue weighted by Gasteiger charge is -1.94. The Morgan fingerprint density at radius 1 is 1.09 bits per heavy atom. The normalized spacial score (nSPS) is 11.1. The van der Waals surface area contributed by atoms with E-state index in [0.717, 1.165) is 5.56 Å². The van der Waals surface area contributed by atoms with Gasteiger partial charge in [-0.2, -0.15) is 4.68 Å². The van der Waals surface area contributed by atoms with Crippen LogP contribution >= 0.6 is 0 Å². The summed E-state index contributed by atoms with van der Waals surface area (Å²) in [6.45, 7) is 0.304. The van der Waals surface area contributed by atoms with E-state index in [-0.39, 0.29) is 11.7 Å². The molecule has 0 fully saturated rings. The second kappa shape index (κ2) is 6.22. The predicted molar refractivity (Wildman–Crippen MR) is 81.6 cm³/mol. The van der Waals surface area contributed by atoms with Crippen molar-refractivity contribution in [3.8, 4) is 11.5 Å². The fourth-order valence-electron chi connectivity index (χ4n) is 1.98. The number of nitrogens with zero attached hydrogens (tertiary/aromatic N) is 2. The molecule has 1 heterocycles. The summed E-state index contributed by atoms with van der Waals surface area (Å²) in [5.74, 6) is -0.716. The third-order valence-electron chi connectivity index (χ3n) is 3.09. The van der Waals surface area contributed by atoms with Gasteiger partial charge in [-0.1, -0.05) is 42.5 Å². The van der Waals surface area contributed by atoms with Crippen LogP contribution in [0.1, 0.15) is 5.56 Å².